The molecule has 2 rings (SSSR count). The van der Waals surface area contributed by atoms with Gasteiger partial charge in [0.15, 0.2) is 0 Å². The van der Waals surface area contributed by atoms with E-state index in [9.17, 15) is 27.6 Å². The van der Waals surface area contributed by atoms with Crippen LogP contribution in [-0.4, -0.2) is 53.7 Å². The van der Waals surface area contributed by atoms with Crippen LogP contribution in [0.15, 0.2) is 24.3 Å². The van der Waals surface area contributed by atoms with E-state index in [1.807, 2.05) is 0 Å². The van der Waals surface area contributed by atoms with Crippen molar-refractivity contribution in [1.82, 2.24) is 15.1 Å². The average molecular weight is 399 g/mol. The van der Waals surface area contributed by atoms with Crippen molar-refractivity contribution in [3.8, 4) is 0 Å². The van der Waals surface area contributed by atoms with Crippen LogP contribution in [0.5, 0.6) is 0 Å². The third kappa shape index (κ3) is 5.46. The Morgan fingerprint density at radius 1 is 1.29 bits per heavy atom. The minimum absolute atomic E-state index is 0.00891. The molecular weight excluding hydrogens is 375 g/mol. The van der Waals surface area contributed by atoms with Crippen molar-refractivity contribution < 1.29 is 27.6 Å². The van der Waals surface area contributed by atoms with Crippen molar-refractivity contribution in [3.05, 3.63) is 35.4 Å². The minimum Gasteiger partial charge on any atom is -0.355 e. The maximum Gasteiger partial charge on any atom is 0.416 e. The Labute approximate surface area is 161 Å². The van der Waals surface area contributed by atoms with E-state index in [1.54, 1.807) is 13.8 Å². The fourth-order valence-corrected chi connectivity index (χ4v) is 3.19. The lowest BCUT2D eigenvalue weighted by atomic mass is 10.1. The van der Waals surface area contributed by atoms with Gasteiger partial charge in [0.2, 0.25) is 17.7 Å². The molecular formula is C19H24F3N3O3. The molecule has 0 radical (unpaired) electrons. The van der Waals surface area contributed by atoms with Gasteiger partial charge in [0.1, 0.15) is 0 Å². The topological polar surface area (TPSA) is 69.7 Å². The summed E-state index contributed by atoms with van der Waals surface area (Å²) in [6.07, 6.45) is -4.46. The third-order valence-corrected chi connectivity index (χ3v) is 4.59. The Morgan fingerprint density at radius 3 is 2.61 bits per heavy atom. The standard InChI is InChI=1S/C19H24F3N3O3/c1-3-23-16(26)12-24(4-2)18(28)14-9-17(27)25(11-14)10-13-6-5-7-15(8-13)19(20,21)22/h5-8,14H,3-4,9-12H2,1-2H3,(H,23,26)/t14-/m0/s1. The van der Waals surface area contributed by atoms with Crippen LogP contribution in [0.1, 0.15) is 31.4 Å². The summed E-state index contributed by atoms with van der Waals surface area (Å²) < 4.78 is 38.5. The number of carbonyl (C=O) groups excluding carboxylic acids is 3. The Bertz CT molecular complexity index is 737. The first-order valence-electron chi connectivity index (χ1n) is 9.15. The number of nitrogens with one attached hydrogen (secondary N) is 1. The molecule has 154 valence electrons. The lowest BCUT2D eigenvalue weighted by Crippen LogP contribution is -2.43. The number of hydrogen-bond acceptors (Lipinski definition) is 3. The van der Waals surface area contributed by atoms with Gasteiger partial charge in [-0.25, -0.2) is 0 Å². The number of likely N-dealkylation sites (N-methyl/N-ethyl adjacent to an activating group) is 2. The Balaban J connectivity index is 2.03. The average Bonchev–Trinajstić information content (AvgIpc) is 2.99. The number of benzene rings is 1. The number of amides is 3. The van der Waals surface area contributed by atoms with Gasteiger partial charge in [-0.15, -0.1) is 0 Å². The molecule has 0 bridgehead atoms. The Morgan fingerprint density at radius 2 is 2.00 bits per heavy atom. The highest BCUT2D eigenvalue weighted by molar-refractivity contribution is 5.91. The van der Waals surface area contributed by atoms with Crippen molar-refractivity contribution in [3.63, 3.8) is 0 Å². The molecule has 6 nitrogen and oxygen atoms in total. The zero-order valence-electron chi connectivity index (χ0n) is 15.9. The second-order valence-corrected chi connectivity index (χ2v) is 6.68. The summed E-state index contributed by atoms with van der Waals surface area (Å²) in [5.41, 5.74) is -0.422. The maximum atomic E-state index is 12.8. The van der Waals surface area contributed by atoms with Crippen LogP contribution < -0.4 is 5.32 Å². The molecule has 0 saturated carbocycles. The van der Waals surface area contributed by atoms with E-state index in [2.05, 4.69) is 5.32 Å². The molecule has 1 atom stereocenters. The predicted octanol–water partition coefficient (Wildman–Crippen LogP) is 2.04. The van der Waals surface area contributed by atoms with Crippen LogP contribution in [0.25, 0.3) is 0 Å². The predicted molar refractivity (Wildman–Crippen MR) is 95.9 cm³/mol. The third-order valence-electron chi connectivity index (χ3n) is 4.59. The SMILES string of the molecule is CCNC(=O)CN(CC)C(=O)[C@H]1CC(=O)N(Cc2cccc(C(F)(F)F)c2)C1. The van der Waals surface area contributed by atoms with E-state index >= 15 is 0 Å². The summed E-state index contributed by atoms with van der Waals surface area (Å²) in [4.78, 5) is 39.4. The minimum atomic E-state index is -4.45. The van der Waals surface area contributed by atoms with Gasteiger partial charge in [0, 0.05) is 32.6 Å². The van der Waals surface area contributed by atoms with Crippen LogP contribution >= 0.6 is 0 Å². The van der Waals surface area contributed by atoms with Gasteiger partial charge < -0.3 is 15.1 Å². The van der Waals surface area contributed by atoms with Crippen LogP contribution in [0, 0.1) is 5.92 Å². The summed E-state index contributed by atoms with van der Waals surface area (Å²) in [5.74, 6) is -1.46. The highest BCUT2D eigenvalue weighted by Crippen LogP contribution is 2.30. The largest absolute Gasteiger partial charge is 0.416 e. The lowest BCUT2D eigenvalue weighted by Gasteiger charge is -2.23. The molecule has 1 N–H and O–H groups in total. The number of alkyl halides is 3. The summed E-state index contributed by atoms with van der Waals surface area (Å²) in [6.45, 7) is 4.35. The van der Waals surface area contributed by atoms with E-state index in [-0.39, 0.29) is 43.8 Å². The molecule has 3 amide bonds. The monoisotopic (exact) mass is 399 g/mol. The van der Waals surface area contributed by atoms with E-state index in [1.165, 1.54) is 21.9 Å². The van der Waals surface area contributed by atoms with Crippen molar-refractivity contribution >= 4 is 17.7 Å². The normalized spacial score (nSPS) is 17.0. The Hall–Kier alpha value is -2.58. The number of likely N-dealkylation sites (tertiary alicyclic amines) is 1. The maximum absolute atomic E-state index is 12.8. The van der Waals surface area contributed by atoms with Gasteiger partial charge in [-0.1, -0.05) is 12.1 Å². The Kier molecular flexibility index (Phi) is 7.04. The van der Waals surface area contributed by atoms with Gasteiger partial charge >= 0.3 is 6.18 Å². The van der Waals surface area contributed by atoms with E-state index in [0.29, 0.717) is 18.7 Å². The molecule has 1 heterocycles. The number of carbonyl (C=O) groups is 3. The van der Waals surface area contributed by atoms with Crippen LogP contribution in [-0.2, 0) is 27.1 Å². The van der Waals surface area contributed by atoms with Crippen molar-refractivity contribution in [2.75, 3.05) is 26.2 Å². The molecule has 1 aromatic carbocycles. The lowest BCUT2D eigenvalue weighted by molar-refractivity contribution is -0.139. The zero-order valence-corrected chi connectivity index (χ0v) is 15.9. The summed E-state index contributed by atoms with van der Waals surface area (Å²) in [5, 5.41) is 2.62. The van der Waals surface area contributed by atoms with Crippen LogP contribution in [0.4, 0.5) is 13.2 Å². The molecule has 0 spiro atoms. The fourth-order valence-electron chi connectivity index (χ4n) is 3.19. The quantitative estimate of drug-likeness (QED) is 0.763. The number of halogens is 3. The van der Waals surface area contributed by atoms with Crippen molar-refractivity contribution in [2.45, 2.75) is 33.0 Å². The van der Waals surface area contributed by atoms with Crippen molar-refractivity contribution in [2.24, 2.45) is 5.92 Å². The first-order valence-corrected chi connectivity index (χ1v) is 9.15. The van der Waals surface area contributed by atoms with Gasteiger partial charge in [-0.3, -0.25) is 14.4 Å². The molecule has 0 unspecified atom stereocenters. The van der Waals surface area contributed by atoms with Crippen LogP contribution in [0.2, 0.25) is 0 Å². The molecule has 1 aromatic rings. The molecule has 9 heteroatoms. The highest BCUT2D eigenvalue weighted by atomic mass is 19.4. The van der Waals surface area contributed by atoms with E-state index in [0.717, 1.165) is 12.1 Å². The molecule has 1 saturated heterocycles. The van der Waals surface area contributed by atoms with E-state index < -0.39 is 17.7 Å². The van der Waals surface area contributed by atoms with Gasteiger partial charge in [0.05, 0.1) is 18.0 Å². The fraction of sp³-hybridized carbons (Fsp3) is 0.526. The number of hydrogen-bond donors (Lipinski definition) is 1. The van der Waals surface area contributed by atoms with Crippen LogP contribution in [0.3, 0.4) is 0 Å². The molecule has 0 aliphatic carbocycles. The molecule has 1 fully saturated rings. The highest BCUT2D eigenvalue weighted by Gasteiger charge is 2.37. The zero-order chi connectivity index (χ0) is 20.9. The number of nitrogens with zero attached hydrogens (tertiary/aromatic N) is 2. The molecule has 0 aromatic heterocycles. The summed E-state index contributed by atoms with van der Waals surface area (Å²) in [6, 6.07) is 4.80. The van der Waals surface area contributed by atoms with E-state index in [4.69, 9.17) is 0 Å². The second-order valence-electron chi connectivity index (χ2n) is 6.68. The van der Waals surface area contributed by atoms with Crippen molar-refractivity contribution in [1.29, 1.82) is 0 Å². The first-order chi connectivity index (χ1) is 13.2. The molecule has 28 heavy (non-hydrogen) atoms. The second kappa shape index (κ2) is 9.07. The first kappa shape index (κ1) is 21.7. The smallest absolute Gasteiger partial charge is 0.355 e. The summed E-state index contributed by atoms with van der Waals surface area (Å²) >= 11 is 0. The van der Waals surface area contributed by atoms with Gasteiger partial charge in [-0.2, -0.15) is 13.2 Å². The number of rotatable bonds is 7. The van der Waals surface area contributed by atoms with Gasteiger partial charge in [0.25, 0.3) is 0 Å². The molecule has 1 aliphatic rings. The summed E-state index contributed by atoms with van der Waals surface area (Å²) in [7, 11) is 0. The van der Waals surface area contributed by atoms with Gasteiger partial charge in [-0.05, 0) is 31.5 Å². The molecule has 1 aliphatic heterocycles.